The highest BCUT2D eigenvalue weighted by Gasteiger charge is 2.42. The molecular formula is C27H41NO. The number of rotatable bonds is 11. The van der Waals surface area contributed by atoms with Gasteiger partial charge in [0.25, 0.3) is 0 Å². The predicted octanol–water partition coefficient (Wildman–Crippen LogP) is 5.99. The van der Waals surface area contributed by atoms with Crippen molar-refractivity contribution in [3.63, 3.8) is 0 Å². The summed E-state index contributed by atoms with van der Waals surface area (Å²) in [6, 6.07) is 9.39. The minimum absolute atomic E-state index is 0.153. The van der Waals surface area contributed by atoms with E-state index >= 15 is 0 Å². The van der Waals surface area contributed by atoms with E-state index in [-0.39, 0.29) is 6.10 Å². The van der Waals surface area contributed by atoms with E-state index in [1.165, 1.54) is 43.2 Å². The van der Waals surface area contributed by atoms with Gasteiger partial charge in [-0.05, 0) is 75.8 Å². The third-order valence-corrected chi connectivity index (χ3v) is 6.72. The number of hydrogen-bond donors (Lipinski definition) is 2. The highest BCUT2D eigenvalue weighted by Crippen LogP contribution is 2.48. The second-order valence-corrected chi connectivity index (χ2v) is 9.61. The Morgan fingerprint density at radius 1 is 1.17 bits per heavy atom. The summed E-state index contributed by atoms with van der Waals surface area (Å²) in [5, 5.41) is 14.1. The molecule has 2 aliphatic rings. The van der Waals surface area contributed by atoms with E-state index in [1.807, 2.05) is 0 Å². The molecule has 1 aromatic rings. The van der Waals surface area contributed by atoms with Crippen LogP contribution in [-0.2, 0) is 6.42 Å². The van der Waals surface area contributed by atoms with Crippen molar-refractivity contribution in [3.8, 4) is 0 Å². The van der Waals surface area contributed by atoms with Crippen molar-refractivity contribution in [1.29, 1.82) is 0 Å². The monoisotopic (exact) mass is 395 g/mol. The lowest BCUT2D eigenvalue weighted by molar-refractivity contribution is 0.141. The Labute approximate surface area is 178 Å². The van der Waals surface area contributed by atoms with Crippen LogP contribution in [0.3, 0.4) is 0 Å². The maximum absolute atomic E-state index is 10.6. The number of unbranched alkanes of at least 4 members (excludes halogenated alkanes) is 2. The van der Waals surface area contributed by atoms with Gasteiger partial charge in [0, 0.05) is 12.0 Å². The summed E-state index contributed by atoms with van der Waals surface area (Å²) < 4.78 is 0. The average Bonchev–Trinajstić information content (AvgIpc) is 3.18. The molecule has 0 radical (unpaired) electrons. The van der Waals surface area contributed by atoms with Gasteiger partial charge in [-0.15, -0.1) is 0 Å². The fourth-order valence-electron chi connectivity index (χ4n) is 5.21. The number of fused-ring (bicyclic) bond motifs is 1. The molecule has 3 rings (SSSR count). The van der Waals surface area contributed by atoms with Crippen LogP contribution in [0.5, 0.6) is 0 Å². The normalized spacial score (nSPS) is 26.4. The number of aliphatic hydroxyl groups excluding tert-OH is 1. The molecule has 4 atom stereocenters. The van der Waals surface area contributed by atoms with Gasteiger partial charge < -0.3 is 10.4 Å². The zero-order valence-electron chi connectivity index (χ0n) is 18.7. The number of hydrogen-bond acceptors (Lipinski definition) is 2. The van der Waals surface area contributed by atoms with Gasteiger partial charge in [0.2, 0.25) is 0 Å². The molecule has 0 amide bonds. The van der Waals surface area contributed by atoms with Crippen molar-refractivity contribution < 1.29 is 5.11 Å². The van der Waals surface area contributed by atoms with Crippen LogP contribution < -0.4 is 5.32 Å². The van der Waals surface area contributed by atoms with Crippen LogP contribution in [0, 0.1) is 24.7 Å². The van der Waals surface area contributed by atoms with Gasteiger partial charge in [0.15, 0.2) is 0 Å². The van der Waals surface area contributed by atoms with E-state index in [2.05, 4.69) is 68.6 Å². The van der Waals surface area contributed by atoms with Crippen molar-refractivity contribution in [2.24, 2.45) is 17.8 Å². The highest BCUT2D eigenvalue weighted by molar-refractivity contribution is 5.23. The van der Waals surface area contributed by atoms with Crippen molar-refractivity contribution in [2.45, 2.75) is 84.3 Å². The molecule has 0 aliphatic heterocycles. The van der Waals surface area contributed by atoms with Gasteiger partial charge in [0.1, 0.15) is 0 Å². The van der Waals surface area contributed by atoms with Gasteiger partial charge >= 0.3 is 0 Å². The molecular weight excluding hydrogens is 354 g/mol. The Kier molecular flexibility index (Phi) is 8.56. The lowest BCUT2D eigenvalue weighted by Crippen LogP contribution is -2.23. The summed E-state index contributed by atoms with van der Waals surface area (Å²) in [5.41, 5.74) is 4.40. The van der Waals surface area contributed by atoms with Gasteiger partial charge in [-0.3, -0.25) is 0 Å². The van der Waals surface area contributed by atoms with Crippen molar-refractivity contribution in [3.05, 3.63) is 59.2 Å². The Morgan fingerprint density at radius 2 is 2.03 bits per heavy atom. The van der Waals surface area contributed by atoms with Gasteiger partial charge in [0.05, 0.1) is 6.10 Å². The summed E-state index contributed by atoms with van der Waals surface area (Å²) in [5.74, 6) is 1.59. The molecule has 2 heteroatoms. The summed E-state index contributed by atoms with van der Waals surface area (Å²) in [4.78, 5) is 0. The largest absolute Gasteiger partial charge is 0.392 e. The molecule has 0 heterocycles. The third kappa shape index (κ3) is 6.83. The van der Waals surface area contributed by atoms with Crippen LogP contribution in [0.2, 0.25) is 0 Å². The van der Waals surface area contributed by atoms with E-state index in [0.29, 0.717) is 23.8 Å². The van der Waals surface area contributed by atoms with Crippen LogP contribution >= 0.6 is 0 Å². The first-order valence-corrected chi connectivity index (χ1v) is 11.9. The zero-order valence-corrected chi connectivity index (χ0v) is 18.7. The molecule has 2 nitrogen and oxygen atoms in total. The molecule has 160 valence electrons. The fourth-order valence-corrected chi connectivity index (χ4v) is 5.21. The Balaban J connectivity index is 1.39. The summed E-state index contributed by atoms with van der Waals surface area (Å²) >= 11 is 0. The first-order valence-electron chi connectivity index (χ1n) is 11.9. The van der Waals surface area contributed by atoms with E-state index in [4.69, 9.17) is 0 Å². The first kappa shape index (κ1) is 22.3. The lowest BCUT2D eigenvalue weighted by atomic mass is 9.88. The number of benzene rings is 1. The quantitative estimate of drug-likeness (QED) is 0.356. The molecule has 1 saturated carbocycles. The van der Waals surface area contributed by atoms with Crippen molar-refractivity contribution in [2.75, 3.05) is 6.54 Å². The first-order chi connectivity index (χ1) is 14.0. The Morgan fingerprint density at radius 3 is 2.83 bits per heavy atom. The molecule has 0 unspecified atom stereocenters. The average molecular weight is 396 g/mol. The van der Waals surface area contributed by atoms with E-state index in [9.17, 15) is 5.11 Å². The summed E-state index contributed by atoms with van der Waals surface area (Å²) in [7, 11) is 0. The summed E-state index contributed by atoms with van der Waals surface area (Å²) in [6.07, 6.45) is 16.5. The second kappa shape index (κ2) is 11.1. The van der Waals surface area contributed by atoms with Crippen LogP contribution in [0.1, 0.15) is 69.9 Å². The maximum Gasteiger partial charge on any atom is 0.0611 e. The molecule has 0 saturated heterocycles. The maximum atomic E-state index is 10.6. The van der Waals surface area contributed by atoms with Crippen LogP contribution in [0.25, 0.3) is 0 Å². The standard InChI is InChI=1S/C27H41NO/c1-20(2)28-15-8-4-5-12-23-17-24-19-27(29)25(26(24)18-23)14-7-6-11-22-13-9-10-21(3)16-22/h7,9-10,13-14,16-17,20,24-29H,4-6,8,11-12,15,18-19H2,1-3H3/b14-7+/t24-,25+,26-,27+/m0/s1. The number of aliphatic hydroxyl groups is 1. The molecule has 29 heavy (non-hydrogen) atoms. The molecule has 0 bridgehead atoms. The molecule has 0 spiro atoms. The minimum atomic E-state index is -0.153. The van der Waals surface area contributed by atoms with Crippen LogP contribution in [0.4, 0.5) is 0 Å². The van der Waals surface area contributed by atoms with Crippen LogP contribution in [-0.4, -0.2) is 23.8 Å². The van der Waals surface area contributed by atoms with E-state index in [1.54, 1.807) is 5.57 Å². The molecule has 1 aromatic carbocycles. The number of aryl methyl sites for hydroxylation is 2. The lowest BCUT2D eigenvalue weighted by Gasteiger charge is -2.18. The number of nitrogens with one attached hydrogen (secondary N) is 1. The smallest absolute Gasteiger partial charge is 0.0611 e. The van der Waals surface area contributed by atoms with Crippen molar-refractivity contribution >= 4 is 0 Å². The van der Waals surface area contributed by atoms with Crippen LogP contribution in [0.15, 0.2) is 48.1 Å². The zero-order chi connectivity index (χ0) is 20.6. The SMILES string of the molecule is Cc1cccc(CC/C=C/[C@@H]2[C@H]3CC(CCCCCNC(C)C)=C[C@H]3C[C@H]2O)c1. The molecule has 0 aromatic heterocycles. The molecule has 2 N–H and O–H groups in total. The fraction of sp³-hybridized carbons (Fsp3) is 0.630. The Bertz CT molecular complexity index is 690. The Hall–Kier alpha value is -1.38. The second-order valence-electron chi connectivity index (χ2n) is 9.61. The number of allylic oxidation sites excluding steroid dienone is 3. The van der Waals surface area contributed by atoms with Crippen molar-refractivity contribution in [1.82, 2.24) is 5.32 Å². The third-order valence-electron chi connectivity index (χ3n) is 6.72. The van der Waals surface area contributed by atoms with E-state index in [0.717, 1.165) is 25.8 Å². The predicted molar refractivity (Wildman–Crippen MR) is 124 cm³/mol. The molecule has 2 aliphatic carbocycles. The topological polar surface area (TPSA) is 32.3 Å². The highest BCUT2D eigenvalue weighted by atomic mass is 16.3. The van der Waals surface area contributed by atoms with E-state index < -0.39 is 0 Å². The van der Waals surface area contributed by atoms with Gasteiger partial charge in [-0.2, -0.15) is 0 Å². The minimum Gasteiger partial charge on any atom is -0.392 e. The van der Waals surface area contributed by atoms with Gasteiger partial charge in [-0.25, -0.2) is 0 Å². The molecule has 1 fully saturated rings. The van der Waals surface area contributed by atoms with Gasteiger partial charge in [-0.1, -0.05) is 73.9 Å². The summed E-state index contributed by atoms with van der Waals surface area (Å²) in [6.45, 7) is 7.72.